The van der Waals surface area contributed by atoms with Crippen molar-refractivity contribution in [3.8, 4) is 0 Å². The highest BCUT2D eigenvalue weighted by Gasteiger charge is 2.07. The molecule has 0 fully saturated rings. The maximum absolute atomic E-state index is 13.1. The molecule has 0 radical (unpaired) electrons. The Morgan fingerprint density at radius 1 is 1.09 bits per heavy atom. The molecule has 0 bridgehead atoms. The summed E-state index contributed by atoms with van der Waals surface area (Å²) >= 11 is 1.37. The van der Waals surface area contributed by atoms with Gasteiger partial charge in [-0.25, -0.2) is 9.37 Å². The first-order valence-corrected chi connectivity index (χ1v) is 7.42. The molecule has 1 amide bonds. The quantitative estimate of drug-likeness (QED) is 0.756. The number of benzene rings is 1. The van der Waals surface area contributed by atoms with Crippen molar-refractivity contribution in [2.75, 3.05) is 10.6 Å². The van der Waals surface area contributed by atoms with E-state index >= 15 is 0 Å². The highest BCUT2D eigenvalue weighted by atomic mass is 32.1. The van der Waals surface area contributed by atoms with E-state index in [1.54, 1.807) is 36.5 Å². The van der Waals surface area contributed by atoms with Crippen molar-refractivity contribution in [3.05, 3.63) is 70.8 Å². The molecule has 2 N–H and O–H groups in total. The van der Waals surface area contributed by atoms with E-state index in [1.165, 1.54) is 23.5 Å². The zero-order chi connectivity index (χ0) is 15.4. The molecule has 2 aromatic heterocycles. The van der Waals surface area contributed by atoms with Crippen molar-refractivity contribution in [1.29, 1.82) is 0 Å². The molecular weight excluding hydrogens is 301 g/mol. The van der Waals surface area contributed by atoms with Gasteiger partial charge in [-0.05, 0) is 41.8 Å². The van der Waals surface area contributed by atoms with Gasteiger partial charge in [0, 0.05) is 5.69 Å². The van der Waals surface area contributed by atoms with Crippen molar-refractivity contribution in [3.63, 3.8) is 0 Å². The van der Waals surface area contributed by atoms with Gasteiger partial charge >= 0.3 is 0 Å². The number of aromatic nitrogens is 1. The van der Waals surface area contributed by atoms with Crippen LogP contribution in [0.5, 0.6) is 0 Å². The van der Waals surface area contributed by atoms with Gasteiger partial charge in [0.15, 0.2) is 0 Å². The van der Waals surface area contributed by atoms with Gasteiger partial charge in [0.2, 0.25) is 0 Å². The van der Waals surface area contributed by atoms with Crippen LogP contribution < -0.4 is 10.6 Å². The molecule has 110 valence electrons. The lowest BCUT2D eigenvalue weighted by Gasteiger charge is -2.07. The zero-order valence-corrected chi connectivity index (χ0v) is 12.2. The van der Waals surface area contributed by atoms with E-state index in [-0.39, 0.29) is 11.7 Å². The minimum absolute atomic E-state index is 0.187. The Morgan fingerprint density at radius 2 is 2.00 bits per heavy atom. The number of pyridine rings is 1. The molecule has 6 heteroatoms. The average Bonchev–Trinajstić information content (AvgIpc) is 3.04. The lowest BCUT2D eigenvalue weighted by Crippen LogP contribution is -2.11. The van der Waals surface area contributed by atoms with Crippen LogP contribution in [-0.2, 0) is 0 Å². The second kappa shape index (κ2) is 6.36. The smallest absolute Gasteiger partial charge is 0.266 e. The third kappa shape index (κ3) is 3.48. The van der Waals surface area contributed by atoms with Gasteiger partial charge in [-0.15, -0.1) is 11.3 Å². The molecule has 0 atom stereocenters. The van der Waals surface area contributed by atoms with Crippen molar-refractivity contribution in [2.24, 2.45) is 0 Å². The van der Waals surface area contributed by atoms with Crippen LogP contribution in [0.25, 0.3) is 0 Å². The maximum atomic E-state index is 13.1. The Bertz CT molecular complexity index is 772. The van der Waals surface area contributed by atoms with Gasteiger partial charge in [-0.1, -0.05) is 12.1 Å². The second-order valence-corrected chi connectivity index (χ2v) is 5.45. The number of hydrogen-bond donors (Lipinski definition) is 2. The summed E-state index contributed by atoms with van der Waals surface area (Å²) in [5.74, 6) is -0.0330. The molecular formula is C16H12FN3OS. The molecule has 0 saturated carbocycles. The van der Waals surface area contributed by atoms with Crippen LogP contribution in [0.4, 0.5) is 21.6 Å². The van der Waals surface area contributed by atoms with Crippen molar-refractivity contribution >= 4 is 34.4 Å². The fourth-order valence-electron chi connectivity index (χ4n) is 1.86. The Balaban J connectivity index is 1.66. The summed E-state index contributed by atoms with van der Waals surface area (Å²) in [6.07, 6.45) is 1.58. The van der Waals surface area contributed by atoms with Crippen LogP contribution in [0.3, 0.4) is 0 Å². The van der Waals surface area contributed by atoms with Crippen LogP contribution in [0.1, 0.15) is 9.67 Å². The number of nitrogens with one attached hydrogen (secondary N) is 2. The lowest BCUT2D eigenvalue weighted by molar-refractivity contribution is 0.103. The third-order valence-corrected chi connectivity index (χ3v) is 3.73. The zero-order valence-electron chi connectivity index (χ0n) is 11.4. The first-order valence-electron chi connectivity index (χ1n) is 6.54. The molecule has 3 rings (SSSR count). The Kier molecular flexibility index (Phi) is 4.11. The summed E-state index contributed by atoms with van der Waals surface area (Å²) < 4.78 is 13.1. The number of carbonyl (C=O) groups excluding carboxylic acids is 1. The predicted molar refractivity (Wildman–Crippen MR) is 86.2 cm³/mol. The monoisotopic (exact) mass is 313 g/mol. The number of halogens is 1. The van der Waals surface area contributed by atoms with Crippen molar-refractivity contribution in [1.82, 2.24) is 4.98 Å². The van der Waals surface area contributed by atoms with Crippen LogP contribution >= 0.6 is 11.3 Å². The number of anilines is 3. The predicted octanol–water partition coefficient (Wildman–Crippen LogP) is 4.28. The van der Waals surface area contributed by atoms with E-state index in [0.717, 1.165) is 0 Å². The Hall–Kier alpha value is -2.73. The summed E-state index contributed by atoms with van der Waals surface area (Å²) in [5.41, 5.74) is 1.34. The fraction of sp³-hybridized carbons (Fsp3) is 0. The van der Waals surface area contributed by atoms with Crippen LogP contribution in [0, 0.1) is 5.82 Å². The van der Waals surface area contributed by atoms with E-state index in [4.69, 9.17) is 0 Å². The molecule has 0 unspecified atom stereocenters. The molecule has 4 nitrogen and oxygen atoms in total. The summed E-state index contributed by atoms with van der Waals surface area (Å²) in [5, 5.41) is 7.60. The van der Waals surface area contributed by atoms with Gasteiger partial charge < -0.3 is 10.6 Å². The molecule has 0 aliphatic rings. The summed E-state index contributed by atoms with van der Waals surface area (Å²) in [7, 11) is 0. The molecule has 2 heterocycles. The second-order valence-electron chi connectivity index (χ2n) is 4.50. The molecule has 0 aliphatic carbocycles. The van der Waals surface area contributed by atoms with E-state index in [0.29, 0.717) is 22.1 Å². The first kappa shape index (κ1) is 14.2. The van der Waals surface area contributed by atoms with Gasteiger partial charge in [-0.3, -0.25) is 4.79 Å². The normalized spacial score (nSPS) is 10.2. The van der Waals surface area contributed by atoms with E-state index in [9.17, 15) is 9.18 Å². The van der Waals surface area contributed by atoms with Crippen LogP contribution in [0.15, 0.2) is 60.1 Å². The summed E-state index contributed by atoms with van der Waals surface area (Å²) in [6.45, 7) is 0. The number of rotatable bonds is 4. The fourth-order valence-corrected chi connectivity index (χ4v) is 2.48. The van der Waals surface area contributed by atoms with E-state index in [2.05, 4.69) is 15.6 Å². The average molecular weight is 313 g/mol. The van der Waals surface area contributed by atoms with Crippen molar-refractivity contribution in [2.45, 2.75) is 0 Å². The number of hydrogen-bond acceptors (Lipinski definition) is 4. The molecule has 3 aromatic rings. The Labute approximate surface area is 130 Å². The number of nitrogens with zero attached hydrogens (tertiary/aromatic N) is 1. The van der Waals surface area contributed by atoms with Crippen molar-refractivity contribution < 1.29 is 9.18 Å². The molecule has 0 aliphatic heterocycles. The van der Waals surface area contributed by atoms with Gasteiger partial charge in [0.05, 0.1) is 16.8 Å². The topological polar surface area (TPSA) is 54.0 Å². The SMILES string of the molecule is O=C(Nc1ccc(Nc2cccc(F)c2)cn1)c1cccs1. The highest BCUT2D eigenvalue weighted by molar-refractivity contribution is 7.12. The standard InChI is InChI=1S/C16H12FN3OS/c17-11-3-1-4-12(9-11)19-13-6-7-15(18-10-13)20-16(21)14-5-2-8-22-14/h1-10,19H,(H,18,20,21). The highest BCUT2D eigenvalue weighted by Crippen LogP contribution is 2.18. The summed E-state index contributed by atoms with van der Waals surface area (Å²) in [4.78, 5) is 16.7. The van der Waals surface area contributed by atoms with Crippen LogP contribution in [0.2, 0.25) is 0 Å². The Morgan fingerprint density at radius 3 is 2.68 bits per heavy atom. The molecule has 22 heavy (non-hydrogen) atoms. The molecule has 0 saturated heterocycles. The number of thiophene rings is 1. The van der Waals surface area contributed by atoms with E-state index < -0.39 is 0 Å². The van der Waals surface area contributed by atoms with Gasteiger partial charge in [-0.2, -0.15) is 0 Å². The minimum Gasteiger partial charge on any atom is -0.354 e. The van der Waals surface area contributed by atoms with Crippen LogP contribution in [-0.4, -0.2) is 10.9 Å². The largest absolute Gasteiger partial charge is 0.354 e. The molecule has 0 spiro atoms. The number of amides is 1. The van der Waals surface area contributed by atoms with E-state index in [1.807, 2.05) is 11.4 Å². The maximum Gasteiger partial charge on any atom is 0.266 e. The summed E-state index contributed by atoms with van der Waals surface area (Å²) in [6, 6.07) is 13.2. The molecule has 1 aromatic carbocycles. The minimum atomic E-state index is -0.308. The third-order valence-electron chi connectivity index (χ3n) is 2.86. The lowest BCUT2D eigenvalue weighted by atomic mass is 10.3. The number of carbonyl (C=O) groups is 1. The van der Waals surface area contributed by atoms with Gasteiger partial charge in [0.25, 0.3) is 5.91 Å². The first-order chi connectivity index (χ1) is 10.7. The van der Waals surface area contributed by atoms with Gasteiger partial charge in [0.1, 0.15) is 11.6 Å².